The molecular weight excluding hydrogens is 118 g/mol. The Hall–Kier alpha value is -0.960. The SMILES string of the molecule is CNC1OC=CC=C1O. The highest BCUT2D eigenvalue weighted by Crippen LogP contribution is 2.05. The molecule has 0 bridgehead atoms. The van der Waals surface area contributed by atoms with Gasteiger partial charge in [0.1, 0.15) is 5.76 Å². The van der Waals surface area contributed by atoms with Crippen LogP contribution < -0.4 is 5.32 Å². The number of aliphatic hydroxyl groups is 1. The van der Waals surface area contributed by atoms with E-state index in [1.807, 2.05) is 0 Å². The van der Waals surface area contributed by atoms with Gasteiger partial charge in [-0.1, -0.05) is 0 Å². The van der Waals surface area contributed by atoms with Gasteiger partial charge in [0.05, 0.1) is 6.26 Å². The second kappa shape index (κ2) is 2.55. The predicted molar refractivity (Wildman–Crippen MR) is 33.8 cm³/mol. The van der Waals surface area contributed by atoms with Gasteiger partial charge in [-0.25, -0.2) is 0 Å². The lowest BCUT2D eigenvalue weighted by molar-refractivity contribution is 0.102. The molecule has 1 aliphatic heterocycles. The smallest absolute Gasteiger partial charge is 0.206 e. The van der Waals surface area contributed by atoms with Crippen molar-refractivity contribution in [1.82, 2.24) is 5.32 Å². The van der Waals surface area contributed by atoms with Gasteiger partial charge in [0, 0.05) is 0 Å². The minimum Gasteiger partial charge on any atom is -0.507 e. The van der Waals surface area contributed by atoms with Crippen molar-refractivity contribution < 1.29 is 9.84 Å². The molecule has 3 nitrogen and oxygen atoms in total. The average Bonchev–Trinajstić information content (AvgIpc) is 1.89. The number of ether oxygens (including phenoxy) is 1. The Bertz CT molecular complexity index is 151. The number of allylic oxidation sites excluding steroid dienone is 2. The van der Waals surface area contributed by atoms with Gasteiger partial charge in [-0.15, -0.1) is 0 Å². The summed E-state index contributed by atoms with van der Waals surface area (Å²) in [5.74, 6) is 0.208. The van der Waals surface area contributed by atoms with Crippen LogP contribution in [0.4, 0.5) is 0 Å². The normalized spacial score (nSPS) is 25.0. The van der Waals surface area contributed by atoms with E-state index in [2.05, 4.69) is 5.32 Å². The molecule has 50 valence electrons. The van der Waals surface area contributed by atoms with E-state index in [4.69, 9.17) is 9.84 Å². The molecule has 9 heavy (non-hydrogen) atoms. The van der Waals surface area contributed by atoms with E-state index < -0.39 is 0 Å². The molecule has 0 amide bonds. The first-order valence-corrected chi connectivity index (χ1v) is 2.73. The van der Waals surface area contributed by atoms with Crippen molar-refractivity contribution in [1.29, 1.82) is 0 Å². The summed E-state index contributed by atoms with van der Waals surface area (Å²) in [6.45, 7) is 0. The zero-order valence-electron chi connectivity index (χ0n) is 5.16. The van der Waals surface area contributed by atoms with Crippen LogP contribution in [-0.2, 0) is 4.74 Å². The summed E-state index contributed by atoms with van der Waals surface area (Å²) in [5, 5.41) is 11.8. The van der Waals surface area contributed by atoms with E-state index >= 15 is 0 Å². The zero-order valence-corrected chi connectivity index (χ0v) is 5.16. The van der Waals surface area contributed by atoms with Gasteiger partial charge in [-0.2, -0.15) is 0 Å². The Morgan fingerprint density at radius 2 is 2.56 bits per heavy atom. The Balaban J connectivity index is 2.59. The molecule has 1 aliphatic rings. The molecule has 1 rings (SSSR count). The van der Waals surface area contributed by atoms with Crippen LogP contribution in [0.1, 0.15) is 0 Å². The van der Waals surface area contributed by atoms with Crippen molar-refractivity contribution in [2.24, 2.45) is 0 Å². The van der Waals surface area contributed by atoms with E-state index in [1.54, 1.807) is 19.2 Å². The summed E-state index contributed by atoms with van der Waals surface area (Å²) in [5.41, 5.74) is 0. The second-order valence-electron chi connectivity index (χ2n) is 1.72. The van der Waals surface area contributed by atoms with E-state index in [9.17, 15) is 0 Å². The van der Waals surface area contributed by atoms with Gasteiger partial charge < -0.3 is 9.84 Å². The number of rotatable bonds is 1. The molecule has 0 spiro atoms. The Morgan fingerprint density at radius 3 is 3.00 bits per heavy atom. The Kier molecular flexibility index (Phi) is 1.75. The van der Waals surface area contributed by atoms with Gasteiger partial charge in [0.25, 0.3) is 0 Å². The first kappa shape index (κ1) is 6.16. The number of hydrogen-bond acceptors (Lipinski definition) is 3. The lowest BCUT2D eigenvalue weighted by Gasteiger charge is -2.16. The zero-order chi connectivity index (χ0) is 6.69. The second-order valence-corrected chi connectivity index (χ2v) is 1.72. The summed E-state index contributed by atoms with van der Waals surface area (Å²) < 4.78 is 4.93. The maximum atomic E-state index is 8.99. The highest BCUT2D eigenvalue weighted by Gasteiger charge is 2.11. The lowest BCUT2D eigenvalue weighted by Crippen LogP contribution is -2.29. The van der Waals surface area contributed by atoms with Gasteiger partial charge in [0.2, 0.25) is 6.23 Å². The fourth-order valence-electron chi connectivity index (χ4n) is 0.635. The van der Waals surface area contributed by atoms with Crippen LogP contribution in [0, 0.1) is 0 Å². The number of hydrogen-bond donors (Lipinski definition) is 2. The molecule has 1 atom stereocenters. The number of aliphatic hydroxyl groups excluding tert-OH is 1. The third kappa shape index (κ3) is 1.23. The van der Waals surface area contributed by atoms with Gasteiger partial charge >= 0.3 is 0 Å². The molecule has 0 saturated heterocycles. The van der Waals surface area contributed by atoms with Crippen LogP contribution in [0.15, 0.2) is 24.2 Å². The van der Waals surface area contributed by atoms with Gasteiger partial charge in [0.15, 0.2) is 0 Å². The standard InChI is InChI=1S/C6H9NO2/c1-7-6-5(8)3-2-4-9-6/h2-4,6-8H,1H3. The molecule has 0 aromatic rings. The van der Waals surface area contributed by atoms with Gasteiger partial charge in [-0.3, -0.25) is 5.32 Å². The molecule has 0 aliphatic carbocycles. The third-order valence-electron chi connectivity index (χ3n) is 1.09. The van der Waals surface area contributed by atoms with E-state index in [0.29, 0.717) is 0 Å². The maximum Gasteiger partial charge on any atom is 0.206 e. The van der Waals surface area contributed by atoms with Crippen molar-refractivity contribution in [2.45, 2.75) is 6.23 Å². The number of likely N-dealkylation sites (N-methyl/N-ethyl adjacent to an activating group) is 1. The lowest BCUT2D eigenvalue weighted by atomic mass is 10.3. The molecule has 0 saturated carbocycles. The average molecular weight is 127 g/mol. The molecule has 2 N–H and O–H groups in total. The van der Waals surface area contributed by atoms with Crippen molar-refractivity contribution in [3.05, 3.63) is 24.2 Å². The van der Waals surface area contributed by atoms with Crippen LogP contribution in [0.2, 0.25) is 0 Å². The van der Waals surface area contributed by atoms with Gasteiger partial charge in [-0.05, 0) is 19.2 Å². The van der Waals surface area contributed by atoms with Crippen molar-refractivity contribution >= 4 is 0 Å². The molecule has 0 aromatic heterocycles. The summed E-state index contributed by atoms with van der Waals surface area (Å²) >= 11 is 0. The molecule has 0 fully saturated rings. The highest BCUT2D eigenvalue weighted by atomic mass is 16.5. The van der Waals surface area contributed by atoms with Crippen molar-refractivity contribution in [3.8, 4) is 0 Å². The largest absolute Gasteiger partial charge is 0.507 e. The minimum atomic E-state index is -0.366. The van der Waals surface area contributed by atoms with Crippen LogP contribution in [0.3, 0.4) is 0 Å². The molecule has 1 heterocycles. The maximum absolute atomic E-state index is 8.99. The first-order chi connectivity index (χ1) is 4.34. The van der Waals surface area contributed by atoms with Crippen molar-refractivity contribution in [2.75, 3.05) is 7.05 Å². The quantitative estimate of drug-likeness (QED) is 0.539. The summed E-state index contributed by atoms with van der Waals surface area (Å²) in [6, 6.07) is 0. The summed E-state index contributed by atoms with van der Waals surface area (Å²) in [4.78, 5) is 0. The van der Waals surface area contributed by atoms with Crippen LogP contribution in [0.5, 0.6) is 0 Å². The van der Waals surface area contributed by atoms with E-state index in [-0.39, 0.29) is 12.0 Å². The molecule has 1 unspecified atom stereocenters. The predicted octanol–water partition coefficient (Wildman–Crippen LogP) is 0.518. The van der Waals surface area contributed by atoms with E-state index in [0.717, 1.165) is 0 Å². The Morgan fingerprint density at radius 1 is 1.78 bits per heavy atom. The monoisotopic (exact) mass is 127 g/mol. The van der Waals surface area contributed by atoms with E-state index in [1.165, 1.54) is 6.26 Å². The van der Waals surface area contributed by atoms with Crippen molar-refractivity contribution in [3.63, 3.8) is 0 Å². The summed E-state index contributed by atoms with van der Waals surface area (Å²) in [7, 11) is 1.72. The number of nitrogens with one attached hydrogen (secondary N) is 1. The first-order valence-electron chi connectivity index (χ1n) is 2.73. The topological polar surface area (TPSA) is 41.5 Å². The Labute approximate surface area is 53.6 Å². The van der Waals surface area contributed by atoms with Crippen LogP contribution >= 0.6 is 0 Å². The third-order valence-corrected chi connectivity index (χ3v) is 1.09. The summed E-state index contributed by atoms with van der Waals surface area (Å²) in [6.07, 6.45) is 4.39. The fraction of sp³-hybridized carbons (Fsp3) is 0.333. The molecule has 0 aromatic carbocycles. The molecular formula is C6H9NO2. The minimum absolute atomic E-state index is 0.208. The van der Waals surface area contributed by atoms with Crippen LogP contribution in [-0.4, -0.2) is 18.4 Å². The van der Waals surface area contributed by atoms with Crippen LogP contribution in [0.25, 0.3) is 0 Å². The fourth-order valence-corrected chi connectivity index (χ4v) is 0.635. The molecule has 0 radical (unpaired) electrons. The molecule has 3 heteroatoms. The highest BCUT2D eigenvalue weighted by molar-refractivity contribution is 5.11.